The second-order valence-electron chi connectivity index (χ2n) is 8.63. The van der Waals surface area contributed by atoms with Crippen molar-refractivity contribution in [3.05, 3.63) is 60.2 Å². The molecule has 1 saturated heterocycles. The number of carbonyl (C=O) groups excluding carboxylic acids is 2. The largest absolute Gasteiger partial charge is 0.342 e. The summed E-state index contributed by atoms with van der Waals surface area (Å²) in [5.74, 6) is 1.20. The van der Waals surface area contributed by atoms with Crippen LogP contribution < -0.4 is 5.32 Å². The Morgan fingerprint density at radius 1 is 1.06 bits per heavy atom. The molecular formula is C26H31N5O2S. The topological polar surface area (TPSA) is 80.1 Å². The van der Waals surface area contributed by atoms with Gasteiger partial charge in [0.15, 0.2) is 11.0 Å². The smallest absolute Gasteiger partial charge is 0.233 e. The summed E-state index contributed by atoms with van der Waals surface area (Å²) in [5.41, 5.74) is 3.02. The van der Waals surface area contributed by atoms with E-state index < -0.39 is 0 Å². The number of nitrogens with zero attached hydrogens (tertiary/aromatic N) is 4. The van der Waals surface area contributed by atoms with Crippen molar-refractivity contribution in [2.75, 3.05) is 24.2 Å². The number of hydrogen-bond acceptors (Lipinski definition) is 5. The fourth-order valence-electron chi connectivity index (χ4n) is 4.19. The van der Waals surface area contributed by atoms with Crippen LogP contribution in [0.4, 0.5) is 5.69 Å². The van der Waals surface area contributed by atoms with Crippen molar-refractivity contribution >= 4 is 29.3 Å². The molecule has 1 N–H and O–H groups in total. The predicted octanol–water partition coefficient (Wildman–Crippen LogP) is 4.63. The van der Waals surface area contributed by atoms with Crippen LogP contribution in [0.5, 0.6) is 0 Å². The van der Waals surface area contributed by atoms with Crippen LogP contribution in [0.2, 0.25) is 0 Å². The molecule has 8 heteroatoms. The van der Waals surface area contributed by atoms with E-state index >= 15 is 0 Å². The molecule has 178 valence electrons. The highest BCUT2D eigenvalue weighted by Crippen LogP contribution is 2.26. The molecule has 1 aliphatic rings. The standard InChI is InChI=1S/C26H31N5O2S/c1-3-14-31-24(21-9-7-8-19(2)17-21)28-29-26(31)34-18-23(32)30-15-12-20(13-16-30)25(33)27-22-10-5-4-6-11-22/h4-11,17,20H,3,12-16,18H2,1-2H3,(H,27,33). The van der Waals surface area contributed by atoms with Gasteiger partial charge in [-0.2, -0.15) is 0 Å². The van der Waals surface area contributed by atoms with Crippen LogP contribution in [0, 0.1) is 12.8 Å². The van der Waals surface area contributed by atoms with Gasteiger partial charge in [0.05, 0.1) is 5.75 Å². The van der Waals surface area contributed by atoms with Crippen LogP contribution in [0.15, 0.2) is 59.8 Å². The lowest BCUT2D eigenvalue weighted by atomic mass is 9.96. The van der Waals surface area contributed by atoms with Crippen LogP contribution in [-0.2, 0) is 16.1 Å². The first-order valence-corrected chi connectivity index (χ1v) is 12.8. The summed E-state index contributed by atoms with van der Waals surface area (Å²) in [7, 11) is 0. The molecule has 0 spiro atoms. The van der Waals surface area contributed by atoms with Gasteiger partial charge in [0.1, 0.15) is 0 Å². The van der Waals surface area contributed by atoms with E-state index in [9.17, 15) is 9.59 Å². The molecule has 0 saturated carbocycles. The molecule has 2 heterocycles. The number of aryl methyl sites for hydroxylation is 1. The molecule has 1 aliphatic heterocycles. The molecule has 0 aliphatic carbocycles. The van der Waals surface area contributed by atoms with Gasteiger partial charge >= 0.3 is 0 Å². The number of piperidine rings is 1. The van der Waals surface area contributed by atoms with Crippen LogP contribution in [-0.4, -0.2) is 50.3 Å². The highest BCUT2D eigenvalue weighted by Gasteiger charge is 2.27. The molecule has 0 atom stereocenters. The second kappa shape index (κ2) is 11.3. The van der Waals surface area contributed by atoms with Crippen molar-refractivity contribution < 1.29 is 9.59 Å². The minimum atomic E-state index is -0.0681. The third-order valence-electron chi connectivity index (χ3n) is 6.02. The predicted molar refractivity (Wildman–Crippen MR) is 136 cm³/mol. The molecule has 0 unspecified atom stereocenters. The van der Waals surface area contributed by atoms with E-state index in [1.807, 2.05) is 47.4 Å². The first-order valence-electron chi connectivity index (χ1n) is 11.8. The molecule has 34 heavy (non-hydrogen) atoms. The summed E-state index contributed by atoms with van der Waals surface area (Å²) in [6.45, 7) is 6.18. The number of likely N-dealkylation sites (tertiary alicyclic amines) is 1. The molecule has 2 aromatic carbocycles. The monoisotopic (exact) mass is 477 g/mol. The summed E-state index contributed by atoms with van der Waals surface area (Å²) < 4.78 is 2.10. The van der Waals surface area contributed by atoms with E-state index in [0.29, 0.717) is 31.7 Å². The van der Waals surface area contributed by atoms with Gasteiger partial charge in [-0.1, -0.05) is 60.6 Å². The van der Waals surface area contributed by atoms with Crippen molar-refractivity contribution in [3.8, 4) is 11.4 Å². The molecule has 7 nitrogen and oxygen atoms in total. The van der Waals surface area contributed by atoms with Crippen molar-refractivity contribution in [3.63, 3.8) is 0 Å². The second-order valence-corrected chi connectivity index (χ2v) is 9.57. The molecule has 2 amide bonds. The maximum atomic E-state index is 12.9. The van der Waals surface area contributed by atoms with Gasteiger partial charge in [0, 0.05) is 36.8 Å². The van der Waals surface area contributed by atoms with Crippen LogP contribution in [0.3, 0.4) is 0 Å². The van der Waals surface area contributed by atoms with E-state index in [-0.39, 0.29) is 17.7 Å². The number of thioether (sulfide) groups is 1. The molecule has 0 bridgehead atoms. The summed E-state index contributed by atoms with van der Waals surface area (Å²) in [4.78, 5) is 27.3. The molecule has 4 rings (SSSR count). The van der Waals surface area contributed by atoms with Gasteiger partial charge < -0.3 is 14.8 Å². The quantitative estimate of drug-likeness (QED) is 0.479. The maximum Gasteiger partial charge on any atom is 0.233 e. The number of rotatable bonds is 8. The minimum absolute atomic E-state index is 0.0315. The Kier molecular flexibility index (Phi) is 8.00. The van der Waals surface area contributed by atoms with Crippen LogP contribution in [0.25, 0.3) is 11.4 Å². The average molecular weight is 478 g/mol. The number of anilines is 1. The van der Waals surface area contributed by atoms with Crippen LogP contribution >= 0.6 is 11.8 Å². The summed E-state index contributed by atoms with van der Waals surface area (Å²) in [6.07, 6.45) is 2.31. The lowest BCUT2D eigenvalue weighted by Gasteiger charge is -2.31. The highest BCUT2D eigenvalue weighted by atomic mass is 32.2. The Labute approximate surface area is 205 Å². The van der Waals surface area contributed by atoms with Crippen molar-refractivity contribution in [1.29, 1.82) is 0 Å². The van der Waals surface area contributed by atoms with E-state index in [2.05, 4.69) is 46.1 Å². The first kappa shape index (κ1) is 24.0. The van der Waals surface area contributed by atoms with Gasteiger partial charge in [-0.3, -0.25) is 9.59 Å². The number of nitrogens with one attached hydrogen (secondary N) is 1. The number of amides is 2. The van der Waals surface area contributed by atoms with E-state index in [4.69, 9.17) is 0 Å². The Hall–Kier alpha value is -3.13. The van der Waals surface area contributed by atoms with E-state index in [1.165, 1.54) is 17.3 Å². The third kappa shape index (κ3) is 5.86. The average Bonchev–Trinajstić information content (AvgIpc) is 3.26. The Balaban J connectivity index is 1.31. The van der Waals surface area contributed by atoms with Crippen LogP contribution in [0.1, 0.15) is 31.7 Å². The Morgan fingerprint density at radius 3 is 2.53 bits per heavy atom. The SMILES string of the molecule is CCCn1c(SCC(=O)N2CCC(C(=O)Nc3ccccc3)CC2)nnc1-c1cccc(C)c1. The molecule has 3 aromatic rings. The minimum Gasteiger partial charge on any atom is -0.342 e. The first-order chi connectivity index (χ1) is 16.5. The van der Waals surface area contributed by atoms with Crippen molar-refractivity contribution in [2.45, 2.75) is 44.8 Å². The Bertz CT molecular complexity index is 1120. The molecule has 1 aromatic heterocycles. The molecular weight excluding hydrogens is 446 g/mol. The zero-order valence-corrected chi connectivity index (χ0v) is 20.6. The summed E-state index contributed by atoms with van der Waals surface area (Å²) in [5, 5.41) is 12.6. The van der Waals surface area contributed by atoms with Gasteiger partial charge in [-0.25, -0.2) is 0 Å². The lowest BCUT2D eigenvalue weighted by Crippen LogP contribution is -2.42. The zero-order chi connectivity index (χ0) is 23.9. The number of aromatic nitrogens is 3. The number of benzene rings is 2. The Morgan fingerprint density at radius 2 is 1.82 bits per heavy atom. The summed E-state index contributed by atoms with van der Waals surface area (Å²) in [6, 6.07) is 17.7. The number of para-hydroxylation sites is 1. The zero-order valence-electron chi connectivity index (χ0n) is 19.7. The number of hydrogen-bond donors (Lipinski definition) is 1. The van der Waals surface area contributed by atoms with Gasteiger partial charge in [0.25, 0.3) is 0 Å². The third-order valence-corrected chi connectivity index (χ3v) is 6.98. The highest BCUT2D eigenvalue weighted by molar-refractivity contribution is 7.99. The summed E-state index contributed by atoms with van der Waals surface area (Å²) >= 11 is 1.44. The van der Waals surface area contributed by atoms with E-state index in [0.717, 1.165) is 35.2 Å². The van der Waals surface area contributed by atoms with Crippen molar-refractivity contribution in [2.24, 2.45) is 5.92 Å². The fraction of sp³-hybridized carbons (Fsp3) is 0.385. The van der Waals surface area contributed by atoms with Crippen molar-refractivity contribution in [1.82, 2.24) is 19.7 Å². The fourth-order valence-corrected chi connectivity index (χ4v) is 5.06. The number of carbonyl (C=O) groups is 2. The van der Waals surface area contributed by atoms with E-state index in [1.54, 1.807) is 0 Å². The lowest BCUT2D eigenvalue weighted by molar-refractivity contribution is -0.132. The maximum absolute atomic E-state index is 12.9. The van der Waals surface area contributed by atoms with Gasteiger partial charge in [-0.05, 0) is 44.4 Å². The molecule has 0 radical (unpaired) electrons. The normalized spacial score (nSPS) is 14.2. The van der Waals surface area contributed by atoms with Gasteiger partial charge in [-0.15, -0.1) is 10.2 Å². The van der Waals surface area contributed by atoms with Gasteiger partial charge in [0.2, 0.25) is 11.8 Å². The molecule has 1 fully saturated rings.